The van der Waals surface area contributed by atoms with Crippen molar-refractivity contribution in [3.8, 4) is 5.75 Å². The first-order valence-corrected chi connectivity index (χ1v) is 11.1. The molecule has 0 aromatic heterocycles. The third-order valence-electron chi connectivity index (χ3n) is 4.57. The molecule has 3 aromatic rings. The van der Waals surface area contributed by atoms with E-state index in [1.54, 1.807) is 30.5 Å². The molecule has 6 nitrogen and oxygen atoms in total. The topological polar surface area (TPSA) is 79.8 Å². The lowest BCUT2D eigenvalue weighted by molar-refractivity contribution is -0.121. The summed E-state index contributed by atoms with van der Waals surface area (Å²) in [5.41, 5.74) is 4.85. The molecule has 0 saturated carbocycles. The molecule has 0 aliphatic rings. The third-order valence-corrected chi connectivity index (χ3v) is 5.19. The number of halogens is 2. The number of rotatable bonds is 10. The lowest BCUT2D eigenvalue weighted by Gasteiger charge is -2.07. The molecule has 0 bridgehead atoms. The van der Waals surface area contributed by atoms with Crippen LogP contribution < -0.4 is 15.5 Å². The second-order valence-electron chi connectivity index (χ2n) is 7.15. The predicted octanol–water partition coefficient (Wildman–Crippen LogP) is 5.83. The van der Waals surface area contributed by atoms with E-state index < -0.39 is 0 Å². The van der Waals surface area contributed by atoms with Crippen LogP contribution in [0.25, 0.3) is 0 Å². The van der Waals surface area contributed by atoms with Gasteiger partial charge in [0.2, 0.25) is 11.8 Å². The highest BCUT2D eigenvalue weighted by molar-refractivity contribution is 6.31. The largest absolute Gasteiger partial charge is 0.489 e. The van der Waals surface area contributed by atoms with Crippen LogP contribution in [0.1, 0.15) is 30.4 Å². The van der Waals surface area contributed by atoms with Gasteiger partial charge in [0.25, 0.3) is 0 Å². The Balaban J connectivity index is 1.34. The SMILES string of the molecule is O=C(CCCC(=O)Nc1ccc(Cl)cc1)N/N=C\c1ccc(OCc2ccccc2Cl)cc1. The van der Waals surface area contributed by atoms with Crippen LogP contribution in [0.3, 0.4) is 0 Å². The molecule has 170 valence electrons. The van der Waals surface area contributed by atoms with E-state index in [2.05, 4.69) is 15.8 Å². The Morgan fingerprint density at radius 2 is 1.58 bits per heavy atom. The van der Waals surface area contributed by atoms with Gasteiger partial charge in [-0.1, -0.05) is 41.4 Å². The van der Waals surface area contributed by atoms with Gasteiger partial charge < -0.3 is 10.1 Å². The summed E-state index contributed by atoms with van der Waals surface area (Å²) in [6, 6.07) is 21.7. The average molecular weight is 484 g/mol. The normalized spacial score (nSPS) is 10.7. The zero-order valence-electron chi connectivity index (χ0n) is 17.8. The van der Waals surface area contributed by atoms with Crippen LogP contribution in [0.15, 0.2) is 77.9 Å². The maximum Gasteiger partial charge on any atom is 0.240 e. The van der Waals surface area contributed by atoms with Crippen molar-refractivity contribution in [1.29, 1.82) is 0 Å². The Kier molecular flexibility index (Phi) is 9.30. The van der Waals surface area contributed by atoms with Gasteiger partial charge in [-0.25, -0.2) is 5.43 Å². The number of ether oxygens (including phenoxy) is 1. The van der Waals surface area contributed by atoms with Crippen LogP contribution in [0, 0.1) is 0 Å². The van der Waals surface area contributed by atoms with Crippen molar-refractivity contribution in [2.24, 2.45) is 5.10 Å². The summed E-state index contributed by atoms with van der Waals surface area (Å²) in [6.45, 7) is 0.376. The number of benzene rings is 3. The second kappa shape index (κ2) is 12.6. The highest BCUT2D eigenvalue weighted by Gasteiger charge is 2.05. The van der Waals surface area contributed by atoms with Gasteiger partial charge in [0.15, 0.2) is 0 Å². The number of nitrogens with one attached hydrogen (secondary N) is 2. The van der Waals surface area contributed by atoms with Gasteiger partial charge in [0.1, 0.15) is 12.4 Å². The number of hydrazone groups is 1. The molecule has 0 aliphatic heterocycles. The Bertz CT molecular complexity index is 1100. The number of hydrogen-bond acceptors (Lipinski definition) is 4. The molecule has 0 aliphatic carbocycles. The van der Waals surface area contributed by atoms with Crippen molar-refractivity contribution in [2.75, 3.05) is 5.32 Å². The van der Waals surface area contributed by atoms with E-state index in [9.17, 15) is 9.59 Å². The molecule has 0 atom stereocenters. The molecule has 0 radical (unpaired) electrons. The zero-order valence-corrected chi connectivity index (χ0v) is 19.3. The number of carbonyl (C=O) groups excluding carboxylic acids is 2. The lowest BCUT2D eigenvalue weighted by atomic mass is 10.2. The van der Waals surface area contributed by atoms with Gasteiger partial charge in [0.05, 0.1) is 6.21 Å². The maximum atomic E-state index is 11.9. The van der Waals surface area contributed by atoms with Crippen molar-refractivity contribution in [2.45, 2.75) is 25.9 Å². The van der Waals surface area contributed by atoms with E-state index in [1.165, 1.54) is 0 Å². The van der Waals surface area contributed by atoms with Crippen LogP contribution in [-0.2, 0) is 16.2 Å². The van der Waals surface area contributed by atoms with Crippen LogP contribution in [-0.4, -0.2) is 18.0 Å². The van der Waals surface area contributed by atoms with E-state index in [0.717, 1.165) is 11.1 Å². The molecule has 3 aromatic carbocycles. The smallest absolute Gasteiger partial charge is 0.240 e. The summed E-state index contributed by atoms with van der Waals surface area (Å²) >= 11 is 11.9. The molecule has 0 unspecified atom stereocenters. The molecule has 0 saturated heterocycles. The molecule has 0 heterocycles. The van der Waals surface area contributed by atoms with Crippen molar-refractivity contribution in [3.63, 3.8) is 0 Å². The van der Waals surface area contributed by atoms with Gasteiger partial charge in [-0.2, -0.15) is 5.10 Å². The van der Waals surface area contributed by atoms with E-state index in [1.807, 2.05) is 48.5 Å². The summed E-state index contributed by atoms with van der Waals surface area (Å²) < 4.78 is 5.74. The standard InChI is InChI=1S/C25H23Cl2N3O3/c26-20-10-12-21(13-11-20)29-24(31)6-3-7-25(32)30-28-16-18-8-14-22(15-9-18)33-17-19-4-1-2-5-23(19)27/h1-2,4-5,8-16H,3,6-7,17H2,(H,29,31)(H,30,32)/b28-16-. The summed E-state index contributed by atoms with van der Waals surface area (Å²) in [5, 5.41) is 7.98. The fraction of sp³-hybridized carbons (Fsp3) is 0.160. The molecular formula is C25H23Cl2N3O3. The van der Waals surface area contributed by atoms with Crippen LogP contribution in [0.2, 0.25) is 10.0 Å². The van der Waals surface area contributed by atoms with Crippen molar-refractivity contribution >= 4 is 46.9 Å². The number of carbonyl (C=O) groups is 2. The Labute approximate surface area is 202 Å². The highest BCUT2D eigenvalue weighted by atomic mass is 35.5. The first-order valence-electron chi connectivity index (χ1n) is 10.3. The zero-order chi connectivity index (χ0) is 23.5. The Morgan fingerprint density at radius 3 is 2.30 bits per heavy atom. The fourth-order valence-electron chi connectivity index (χ4n) is 2.83. The first-order chi connectivity index (χ1) is 16.0. The molecule has 2 N–H and O–H groups in total. The van der Waals surface area contributed by atoms with Gasteiger partial charge in [-0.05, 0) is 66.6 Å². The molecule has 0 fully saturated rings. The molecule has 8 heteroatoms. The number of amides is 2. The second-order valence-corrected chi connectivity index (χ2v) is 7.99. The van der Waals surface area contributed by atoms with Crippen molar-refractivity contribution in [1.82, 2.24) is 5.43 Å². The lowest BCUT2D eigenvalue weighted by Crippen LogP contribution is -2.18. The van der Waals surface area contributed by atoms with Crippen LogP contribution in [0.4, 0.5) is 5.69 Å². The van der Waals surface area contributed by atoms with Gasteiger partial charge in [0, 0.05) is 34.1 Å². The summed E-state index contributed by atoms with van der Waals surface area (Å²) in [4.78, 5) is 23.8. The van der Waals surface area contributed by atoms with E-state index in [-0.39, 0.29) is 24.7 Å². The minimum absolute atomic E-state index is 0.162. The van der Waals surface area contributed by atoms with Gasteiger partial charge in [-0.15, -0.1) is 0 Å². The Morgan fingerprint density at radius 1 is 0.879 bits per heavy atom. The molecule has 0 spiro atoms. The summed E-state index contributed by atoms with van der Waals surface area (Å²) in [5.74, 6) is 0.281. The summed E-state index contributed by atoms with van der Waals surface area (Å²) in [6.07, 6.45) is 2.39. The first kappa shape index (κ1) is 24.3. The third kappa shape index (κ3) is 8.60. The number of anilines is 1. The van der Waals surface area contributed by atoms with Crippen LogP contribution >= 0.6 is 23.2 Å². The monoisotopic (exact) mass is 483 g/mol. The van der Waals surface area contributed by atoms with Crippen molar-refractivity contribution < 1.29 is 14.3 Å². The van der Waals surface area contributed by atoms with E-state index in [0.29, 0.717) is 34.5 Å². The number of hydrogen-bond donors (Lipinski definition) is 2. The van der Waals surface area contributed by atoms with E-state index >= 15 is 0 Å². The predicted molar refractivity (Wildman–Crippen MR) is 132 cm³/mol. The van der Waals surface area contributed by atoms with Gasteiger partial charge >= 0.3 is 0 Å². The van der Waals surface area contributed by atoms with E-state index in [4.69, 9.17) is 27.9 Å². The van der Waals surface area contributed by atoms with Crippen molar-refractivity contribution in [3.05, 3.63) is 94.0 Å². The van der Waals surface area contributed by atoms with Gasteiger partial charge in [-0.3, -0.25) is 9.59 Å². The summed E-state index contributed by atoms with van der Waals surface area (Å²) in [7, 11) is 0. The number of nitrogens with zero attached hydrogens (tertiary/aromatic N) is 1. The molecule has 3 rings (SSSR count). The highest BCUT2D eigenvalue weighted by Crippen LogP contribution is 2.19. The quantitative estimate of drug-likeness (QED) is 0.281. The minimum atomic E-state index is -0.259. The average Bonchev–Trinajstić information content (AvgIpc) is 2.81. The van der Waals surface area contributed by atoms with Crippen LogP contribution in [0.5, 0.6) is 5.75 Å². The maximum absolute atomic E-state index is 11.9. The Hall–Kier alpha value is -3.35. The minimum Gasteiger partial charge on any atom is -0.489 e. The molecule has 2 amide bonds. The fourth-order valence-corrected chi connectivity index (χ4v) is 3.14. The molecular weight excluding hydrogens is 461 g/mol. The molecule has 33 heavy (non-hydrogen) atoms.